The van der Waals surface area contributed by atoms with Crippen LogP contribution in [0.1, 0.15) is 16.9 Å². The lowest BCUT2D eigenvalue weighted by Crippen LogP contribution is -2.42. The van der Waals surface area contributed by atoms with E-state index >= 15 is 0 Å². The maximum Gasteiger partial charge on any atom is 0.289 e. The van der Waals surface area contributed by atoms with Gasteiger partial charge in [-0.05, 0) is 12.1 Å². The van der Waals surface area contributed by atoms with E-state index in [1.807, 2.05) is 0 Å². The average Bonchev–Trinajstić information content (AvgIpc) is 2.59. The first kappa shape index (κ1) is 16.6. The zero-order chi connectivity index (χ0) is 16.7. The number of sulfone groups is 1. The van der Waals surface area contributed by atoms with E-state index in [1.165, 1.54) is 30.7 Å². The number of hydrogen-bond acceptors (Lipinski definition) is 6. The number of carbonyl (C=O) groups excluding carboxylic acids is 2. The highest BCUT2D eigenvalue weighted by molar-refractivity contribution is 7.91. The summed E-state index contributed by atoms with van der Waals surface area (Å²) >= 11 is 0. The van der Waals surface area contributed by atoms with Crippen molar-refractivity contribution in [3.05, 3.63) is 54.6 Å². The Morgan fingerprint density at radius 3 is 2.43 bits per heavy atom. The second-order valence-corrected chi connectivity index (χ2v) is 6.58. The summed E-state index contributed by atoms with van der Waals surface area (Å²) in [5.74, 6) is -1.62. The molecule has 0 unspecified atom stereocenters. The Kier molecular flexibility index (Phi) is 5.36. The van der Waals surface area contributed by atoms with Crippen LogP contribution in [-0.4, -0.2) is 36.0 Å². The van der Waals surface area contributed by atoms with Gasteiger partial charge in [-0.25, -0.2) is 13.4 Å². The summed E-state index contributed by atoms with van der Waals surface area (Å²) in [5.41, 5.74) is 4.31. The number of amides is 2. The minimum Gasteiger partial charge on any atom is -0.273 e. The second kappa shape index (κ2) is 7.45. The molecular formula is C14H14N4O4S. The van der Waals surface area contributed by atoms with Crippen LogP contribution in [0.25, 0.3) is 0 Å². The number of hydrogen-bond donors (Lipinski definition) is 2. The van der Waals surface area contributed by atoms with Crippen molar-refractivity contribution < 1.29 is 18.0 Å². The summed E-state index contributed by atoms with van der Waals surface area (Å²) in [6.45, 7) is 0. The lowest BCUT2D eigenvalue weighted by molar-refractivity contribution is -0.121. The molecule has 1 aromatic carbocycles. The predicted octanol–water partition coefficient (Wildman–Crippen LogP) is 0.102. The van der Waals surface area contributed by atoms with Gasteiger partial charge in [0.25, 0.3) is 5.91 Å². The Labute approximate surface area is 132 Å². The Balaban J connectivity index is 1.83. The van der Waals surface area contributed by atoms with Gasteiger partial charge in [-0.2, -0.15) is 0 Å². The van der Waals surface area contributed by atoms with E-state index in [9.17, 15) is 18.0 Å². The van der Waals surface area contributed by atoms with E-state index in [2.05, 4.69) is 20.8 Å². The molecule has 120 valence electrons. The third-order valence-corrected chi connectivity index (χ3v) is 4.54. The maximum atomic E-state index is 12.0. The van der Waals surface area contributed by atoms with Crippen molar-refractivity contribution in [1.82, 2.24) is 20.8 Å². The highest BCUT2D eigenvalue weighted by atomic mass is 32.2. The topological polar surface area (TPSA) is 118 Å². The highest BCUT2D eigenvalue weighted by Crippen LogP contribution is 2.10. The molecule has 0 atom stereocenters. The molecule has 2 amide bonds. The van der Waals surface area contributed by atoms with E-state index in [0.29, 0.717) is 0 Å². The van der Waals surface area contributed by atoms with Crippen LogP contribution in [0, 0.1) is 0 Å². The summed E-state index contributed by atoms with van der Waals surface area (Å²) in [6, 6.07) is 7.84. The van der Waals surface area contributed by atoms with Crippen molar-refractivity contribution in [1.29, 1.82) is 0 Å². The van der Waals surface area contributed by atoms with Gasteiger partial charge in [0.15, 0.2) is 9.84 Å². The smallest absolute Gasteiger partial charge is 0.273 e. The number of rotatable bonds is 5. The minimum atomic E-state index is -3.54. The first-order valence-corrected chi connectivity index (χ1v) is 8.27. The van der Waals surface area contributed by atoms with Crippen molar-refractivity contribution in [3.63, 3.8) is 0 Å². The van der Waals surface area contributed by atoms with Gasteiger partial charge in [0, 0.05) is 18.8 Å². The van der Waals surface area contributed by atoms with E-state index in [0.717, 1.165) is 0 Å². The van der Waals surface area contributed by atoms with Crippen LogP contribution in [0.15, 0.2) is 53.8 Å². The van der Waals surface area contributed by atoms with E-state index < -0.39 is 21.7 Å². The van der Waals surface area contributed by atoms with E-state index in [-0.39, 0.29) is 22.8 Å². The van der Waals surface area contributed by atoms with Crippen LogP contribution in [0.2, 0.25) is 0 Å². The standard InChI is InChI=1S/C14H14N4O4S/c19-13(17-18-14(20)12-10-15-7-8-16-12)6-9-23(21,22)11-4-2-1-3-5-11/h1-5,7-8,10H,6,9H2,(H,17,19)(H,18,20). The Morgan fingerprint density at radius 1 is 1.04 bits per heavy atom. The molecule has 9 heteroatoms. The van der Waals surface area contributed by atoms with Gasteiger partial charge in [-0.3, -0.25) is 25.4 Å². The number of nitrogens with one attached hydrogen (secondary N) is 2. The quantitative estimate of drug-likeness (QED) is 0.749. The van der Waals surface area contributed by atoms with Gasteiger partial charge in [-0.15, -0.1) is 0 Å². The molecule has 0 aliphatic heterocycles. The highest BCUT2D eigenvalue weighted by Gasteiger charge is 2.16. The Bertz CT molecular complexity index is 779. The van der Waals surface area contributed by atoms with Gasteiger partial charge in [0.05, 0.1) is 16.8 Å². The molecule has 0 aliphatic carbocycles. The van der Waals surface area contributed by atoms with Crippen LogP contribution < -0.4 is 10.9 Å². The molecular weight excluding hydrogens is 320 g/mol. The zero-order valence-corrected chi connectivity index (χ0v) is 12.8. The molecule has 0 fully saturated rings. The van der Waals surface area contributed by atoms with Crippen molar-refractivity contribution >= 4 is 21.7 Å². The summed E-state index contributed by atoms with van der Waals surface area (Å²) in [4.78, 5) is 30.9. The van der Waals surface area contributed by atoms with Crippen molar-refractivity contribution in [3.8, 4) is 0 Å². The third kappa shape index (κ3) is 4.85. The third-order valence-electron chi connectivity index (χ3n) is 2.81. The largest absolute Gasteiger partial charge is 0.289 e. The second-order valence-electron chi connectivity index (χ2n) is 4.47. The van der Waals surface area contributed by atoms with E-state index in [1.54, 1.807) is 18.2 Å². The molecule has 2 N–H and O–H groups in total. The summed E-state index contributed by atoms with van der Waals surface area (Å²) in [5, 5.41) is 0. The molecule has 0 saturated carbocycles. The minimum absolute atomic E-state index is 0.0321. The molecule has 0 radical (unpaired) electrons. The van der Waals surface area contributed by atoms with Gasteiger partial charge >= 0.3 is 0 Å². The monoisotopic (exact) mass is 334 g/mol. The van der Waals surface area contributed by atoms with Gasteiger partial charge < -0.3 is 0 Å². The van der Waals surface area contributed by atoms with Gasteiger partial charge in [0.2, 0.25) is 5.91 Å². The van der Waals surface area contributed by atoms with Crippen LogP contribution in [-0.2, 0) is 14.6 Å². The molecule has 0 spiro atoms. The first-order chi connectivity index (χ1) is 11.0. The Hall–Kier alpha value is -2.81. The molecule has 0 aliphatic rings. The predicted molar refractivity (Wildman–Crippen MR) is 80.8 cm³/mol. The van der Waals surface area contributed by atoms with Crippen LogP contribution in [0.5, 0.6) is 0 Å². The molecule has 2 aromatic rings. The molecule has 2 rings (SSSR count). The van der Waals surface area contributed by atoms with Crippen molar-refractivity contribution in [2.75, 3.05) is 5.75 Å². The lowest BCUT2D eigenvalue weighted by Gasteiger charge is -2.07. The first-order valence-electron chi connectivity index (χ1n) is 6.62. The molecule has 0 saturated heterocycles. The fourth-order valence-corrected chi connectivity index (χ4v) is 2.90. The number of aromatic nitrogens is 2. The number of carbonyl (C=O) groups is 2. The van der Waals surface area contributed by atoms with Gasteiger partial charge in [-0.1, -0.05) is 18.2 Å². The average molecular weight is 334 g/mol. The summed E-state index contributed by atoms with van der Waals surface area (Å²) in [6.07, 6.45) is 3.70. The fraction of sp³-hybridized carbons (Fsp3) is 0.143. The molecule has 23 heavy (non-hydrogen) atoms. The number of benzene rings is 1. The molecule has 0 bridgehead atoms. The number of hydrazine groups is 1. The Morgan fingerprint density at radius 2 is 1.78 bits per heavy atom. The number of nitrogens with zero attached hydrogens (tertiary/aromatic N) is 2. The van der Waals surface area contributed by atoms with Crippen LogP contribution in [0.4, 0.5) is 0 Å². The van der Waals surface area contributed by atoms with Crippen LogP contribution >= 0.6 is 0 Å². The fourth-order valence-electron chi connectivity index (χ4n) is 1.64. The SMILES string of the molecule is O=C(CCS(=O)(=O)c1ccccc1)NNC(=O)c1cnccn1. The maximum absolute atomic E-state index is 12.0. The van der Waals surface area contributed by atoms with Crippen LogP contribution in [0.3, 0.4) is 0 Å². The summed E-state index contributed by atoms with van der Waals surface area (Å²) < 4.78 is 24.0. The van der Waals surface area contributed by atoms with Crippen molar-refractivity contribution in [2.24, 2.45) is 0 Å². The molecule has 1 heterocycles. The molecule has 1 aromatic heterocycles. The lowest BCUT2D eigenvalue weighted by atomic mass is 10.4. The van der Waals surface area contributed by atoms with Crippen molar-refractivity contribution in [2.45, 2.75) is 11.3 Å². The molecule has 8 nitrogen and oxygen atoms in total. The zero-order valence-electron chi connectivity index (χ0n) is 12.0. The normalized spacial score (nSPS) is 10.8. The summed E-state index contributed by atoms with van der Waals surface area (Å²) in [7, 11) is -3.54. The van der Waals surface area contributed by atoms with Gasteiger partial charge in [0.1, 0.15) is 5.69 Å². The van der Waals surface area contributed by atoms with E-state index in [4.69, 9.17) is 0 Å².